The zero-order valence-corrected chi connectivity index (χ0v) is 10.7. The molecule has 0 bridgehead atoms. The molecule has 4 heteroatoms. The van der Waals surface area contributed by atoms with Gasteiger partial charge in [0.05, 0.1) is 6.10 Å². The summed E-state index contributed by atoms with van der Waals surface area (Å²) in [6, 6.07) is 7.41. The number of β-amino-alcohol motifs (C(OH)–C–C–N with tert-alkyl or cyclic N) is 1. The Labute approximate surface area is 108 Å². The summed E-state index contributed by atoms with van der Waals surface area (Å²) in [6.45, 7) is 4.29. The average molecular weight is 248 g/mol. The maximum atomic E-state index is 11.0. The summed E-state index contributed by atoms with van der Waals surface area (Å²) in [6.07, 6.45) is 1.95. The highest BCUT2D eigenvalue weighted by atomic mass is 16.3. The Kier molecular flexibility index (Phi) is 4.33. The third kappa shape index (κ3) is 3.55. The molecule has 1 amide bonds. The molecule has 1 aromatic carbocycles. The highest BCUT2D eigenvalue weighted by Crippen LogP contribution is 2.20. The van der Waals surface area contributed by atoms with Crippen LogP contribution in [0.15, 0.2) is 24.3 Å². The molecule has 1 aromatic rings. The van der Waals surface area contributed by atoms with Gasteiger partial charge >= 0.3 is 0 Å². The van der Waals surface area contributed by atoms with E-state index in [2.05, 4.69) is 10.2 Å². The summed E-state index contributed by atoms with van der Waals surface area (Å²) < 4.78 is 0. The van der Waals surface area contributed by atoms with E-state index >= 15 is 0 Å². The molecule has 18 heavy (non-hydrogen) atoms. The van der Waals surface area contributed by atoms with Gasteiger partial charge in [0.25, 0.3) is 0 Å². The third-order valence-electron chi connectivity index (χ3n) is 3.22. The second-order valence-corrected chi connectivity index (χ2v) is 4.83. The van der Waals surface area contributed by atoms with Crippen LogP contribution in [0.25, 0.3) is 0 Å². The van der Waals surface area contributed by atoms with Crippen LogP contribution in [0.1, 0.15) is 31.4 Å². The first-order valence-corrected chi connectivity index (χ1v) is 6.43. The summed E-state index contributed by atoms with van der Waals surface area (Å²) in [7, 11) is 0. The molecular weight excluding hydrogens is 228 g/mol. The molecule has 1 saturated heterocycles. The number of hydrogen-bond acceptors (Lipinski definition) is 3. The normalized spacial score (nSPS) is 17.7. The van der Waals surface area contributed by atoms with Gasteiger partial charge in [-0.15, -0.1) is 0 Å². The topological polar surface area (TPSA) is 52.6 Å². The van der Waals surface area contributed by atoms with Gasteiger partial charge in [0, 0.05) is 19.2 Å². The van der Waals surface area contributed by atoms with E-state index < -0.39 is 6.10 Å². The lowest BCUT2D eigenvalue weighted by Crippen LogP contribution is -2.25. The molecule has 1 heterocycles. The molecule has 2 rings (SSSR count). The fraction of sp³-hybridized carbons (Fsp3) is 0.500. The van der Waals surface area contributed by atoms with Gasteiger partial charge in [-0.2, -0.15) is 0 Å². The summed E-state index contributed by atoms with van der Waals surface area (Å²) in [4.78, 5) is 13.3. The van der Waals surface area contributed by atoms with E-state index in [1.165, 1.54) is 19.8 Å². The minimum Gasteiger partial charge on any atom is -0.387 e. The van der Waals surface area contributed by atoms with Gasteiger partial charge in [0.15, 0.2) is 0 Å². The molecule has 1 fully saturated rings. The zero-order chi connectivity index (χ0) is 13.0. The Morgan fingerprint density at radius 2 is 2.17 bits per heavy atom. The van der Waals surface area contributed by atoms with E-state index in [1.54, 1.807) is 0 Å². The van der Waals surface area contributed by atoms with Gasteiger partial charge in [-0.1, -0.05) is 12.1 Å². The minimum absolute atomic E-state index is 0.0961. The second-order valence-electron chi connectivity index (χ2n) is 4.83. The molecule has 0 aromatic heterocycles. The number of nitrogens with one attached hydrogen (secondary N) is 1. The number of carbonyl (C=O) groups is 1. The number of anilines is 1. The molecule has 0 aliphatic carbocycles. The maximum Gasteiger partial charge on any atom is 0.221 e. The van der Waals surface area contributed by atoms with Gasteiger partial charge in [0.2, 0.25) is 5.91 Å². The fourth-order valence-corrected chi connectivity index (χ4v) is 2.34. The third-order valence-corrected chi connectivity index (χ3v) is 3.22. The number of hydrogen-bond donors (Lipinski definition) is 2. The van der Waals surface area contributed by atoms with E-state index in [4.69, 9.17) is 0 Å². The molecule has 4 nitrogen and oxygen atoms in total. The molecule has 1 aliphatic rings. The van der Waals surface area contributed by atoms with Crippen molar-refractivity contribution in [3.05, 3.63) is 29.8 Å². The predicted molar refractivity (Wildman–Crippen MR) is 71.4 cm³/mol. The van der Waals surface area contributed by atoms with Crippen molar-refractivity contribution in [2.75, 3.05) is 25.0 Å². The van der Waals surface area contributed by atoms with Crippen LogP contribution in [0.3, 0.4) is 0 Å². The van der Waals surface area contributed by atoms with Crippen LogP contribution in [0, 0.1) is 0 Å². The van der Waals surface area contributed by atoms with Crippen molar-refractivity contribution in [2.45, 2.75) is 25.9 Å². The summed E-state index contributed by atoms with van der Waals surface area (Å²) >= 11 is 0. The van der Waals surface area contributed by atoms with Crippen LogP contribution >= 0.6 is 0 Å². The molecule has 0 saturated carbocycles. The van der Waals surface area contributed by atoms with Gasteiger partial charge < -0.3 is 15.3 Å². The second kappa shape index (κ2) is 5.98. The number of amides is 1. The van der Waals surface area contributed by atoms with Crippen LogP contribution in [-0.2, 0) is 4.79 Å². The molecular formula is C14H20N2O2. The molecule has 1 atom stereocenters. The van der Waals surface area contributed by atoms with E-state index in [0.717, 1.165) is 24.3 Å². The monoisotopic (exact) mass is 248 g/mol. The highest BCUT2D eigenvalue weighted by molar-refractivity contribution is 5.88. The lowest BCUT2D eigenvalue weighted by Gasteiger charge is -2.20. The van der Waals surface area contributed by atoms with Crippen molar-refractivity contribution in [3.8, 4) is 0 Å². The van der Waals surface area contributed by atoms with Crippen LogP contribution in [0.4, 0.5) is 5.69 Å². The van der Waals surface area contributed by atoms with Crippen molar-refractivity contribution in [1.29, 1.82) is 0 Å². The molecule has 1 unspecified atom stereocenters. The van der Waals surface area contributed by atoms with E-state index in [-0.39, 0.29) is 5.91 Å². The average Bonchev–Trinajstić information content (AvgIpc) is 2.81. The minimum atomic E-state index is -0.489. The van der Waals surface area contributed by atoms with E-state index in [0.29, 0.717) is 6.54 Å². The molecule has 0 radical (unpaired) electrons. The summed E-state index contributed by atoms with van der Waals surface area (Å²) in [5.74, 6) is -0.0961. The number of nitrogens with zero attached hydrogens (tertiary/aromatic N) is 1. The van der Waals surface area contributed by atoms with Crippen LogP contribution in [-0.4, -0.2) is 35.5 Å². The number of aliphatic hydroxyl groups excluding tert-OH is 1. The SMILES string of the molecule is CC(=O)Nc1cccc(C(O)CN2CCCC2)c1. The number of aliphatic hydroxyl groups is 1. The maximum absolute atomic E-state index is 11.0. The first-order valence-electron chi connectivity index (χ1n) is 6.43. The number of carbonyl (C=O) groups excluding carboxylic acids is 1. The smallest absolute Gasteiger partial charge is 0.221 e. The van der Waals surface area contributed by atoms with Crippen molar-refractivity contribution in [1.82, 2.24) is 4.90 Å². The fourth-order valence-electron chi connectivity index (χ4n) is 2.34. The lowest BCUT2D eigenvalue weighted by molar-refractivity contribution is -0.114. The Morgan fingerprint density at radius 1 is 1.44 bits per heavy atom. The predicted octanol–water partition coefficient (Wildman–Crippen LogP) is 1.77. The molecule has 98 valence electrons. The van der Waals surface area contributed by atoms with E-state index in [9.17, 15) is 9.90 Å². The summed E-state index contributed by atoms with van der Waals surface area (Å²) in [5, 5.41) is 12.9. The Balaban J connectivity index is 2.00. The van der Waals surface area contributed by atoms with Gasteiger partial charge in [-0.3, -0.25) is 4.79 Å². The van der Waals surface area contributed by atoms with Crippen LogP contribution in [0.2, 0.25) is 0 Å². The van der Waals surface area contributed by atoms with E-state index in [1.807, 2.05) is 24.3 Å². The Hall–Kier alpha value is -1.39. The van der Waals surface area contributed by atoms with Crippen molar-refractivity contribution in [3.63, 3.8) is 0 Å². The van der Waals surface area contributed by atoms with Gasteiger partial charge in [-0.05, 0) is 43.6 Å². The summed E-state index contributed by atoms with van der Waals surface area (Å²) in [5.41, 5.74) is 1.59. The standard InChI is InChI=1S/C14H20N2O2/c1-11(17)15-13-6-4-5-12(9-13)14(18)10-16-7-2-3-8-16/h4-6,9,14,18H,2-3,7-8,10H2,1H3,(H,15,17). The van der Waals surface area contributed by atoms with Crippen molar-refractivity contribution >= 4 is 11.6 Å². The Morgan fingerprint density at radius 3 is 2.83 bits per heavy atom. The van der Waals surface area contributed by atoms with Crippen molar-refractivity contribution < 1.29 is 9.90 Å². The number of rotatable bonds is 4. The first-order chi connectivity index (χ1) is 8.65. The molecule has 1 aliphatic heterocycles. The Bertz CT molecular complexity index is 414. The number of benzene rings is 1. The van der Waals surface area contributed by atoms with Crippen molar-refractivity contribution in [2.24, 2.45) is 0 Å². The van der Waals surface area contributed by atoms with Gasteiger partial charge in [0.1, 0.15) is 0 Å². The zero-order valence-electron chi connectivity index (χ0n) is 10.7. The number of likely N-dealkylation sites (tertiary alicyclic amines) is 1. The quantitative estimate of drug-likeness (QED) is 0.854. The highest BCUT2D eigenvalue weighted by Gasteiger charge is 2.17. The van der Waals surface area contributed by atoms with Gasteiger partial charge in [-0.25, -0.2) is 0 Å². The largest absolute Gasteiger partial charge is 0.387 e. The molecule has 2 N–H and O–H groups in total. The molecule has 0 spiro atoms. The lowest BCUT2D eigenvalue weighted by atomic mass is 10.1. The van der Waals surface area contributed by atoms with Crippen LogP contribution in [0.5, 0.6) is 0 Å². The first kappa shape index (κ1) is 13.1. The van der Waals surface area contributed by atoms with Crippen LogP contribution < -0.4 is 5.32 Å².